The number of carbonyl (C=O) groups is 2. The van der Waals surface area contributed by atoms with Crippen molar-refractivity contribution in [3.8, 4) is 0 Å². The molecule has 1 aliphatic heterocycles. The largest absolute Gasteiger partial charge is 0.348 e. The van der Waals surface area contributed by atoms with Gasteiger partial charge in [-0.2, -0.15) is 0 Å². The maximum absolute atomic E-state index is 13.0. The van der Waals surface area contributed by atoms with Gasteiger partial charge in [-0.25, -0.2) is 4.98 Å². The molecule has 4 rings (SSSR count). The van der Waals surface area contributed by atoms with Gasteiger partial charge in [0.05, 0.1) is 5.69 Å². The molecule has 0 saturated heterocycles. The lowest BCUT2D eigenvalue weighted by molar-refractivity contribution is 0.0931. The van der Waals surface area contributed by atoms with E-state index in [9.17, 15) is 9.59 Å². The summed E-state index contributed by atoms with van der Waals surface area (Å²) in [6, 6.07) is 6.21. The molecule has 2 amide bonds. The molecule has 28 heavy (non-hydrogen) atoms. The summed E-state index contributed by atoms with van der Waals surface area (Å²) in [7, 11) is 0. The zero-order valence-electron chi connectivity index (χ0n) is 16.7. The number of anilines is 1. The van der Waals surface area contributed by atoms with Crippen LogP contribution in [0.15, 0.2) is 18.2 Å². The number of carbonyl (C=O) groups excluding carboxylic acids is 2. The van der Waals surface area contributed by atoms with Gasteiger partial charge in [0.1, 0.15) is 5.69 Å². The molecule has 2 heterocycles. The molecule has 2 aliphatic rings. The van der Waals surface area contributed by atoms with E-state index in [0.29, 0.717) is 11.5 Å². The number of fused-ring (bicyclic) bond motifs is 1. The molecule has 148 valence electrons. The SMILES string of the molecule is Cc1ccc(C)c(NC(=O)c2nc(C(=O)NC3CCCC3)c3n2CCCC3)c1. The summed E-state index contributed by atoms with van der Waals surface area (Å²) in [5, 5.41) is 6.11. The third kappa shape index (κ3) is 3.68. The van der Waals surface area contributed by atoms with E-state index < -0.39 is 0 Å². The van der Waals surface area contributed by atoms with Gasteiger partial charge in [0.2, 0.25) is 0 Å². The van der Waals surface area contributed by atoms with Gasteiger partial charge in [0, 0.05) is 18.3 Å². The molecule has 0 radical (unpaired) electrons. The van der Waals surface area contributed by atoms with Gasteiger partial charge in [-0.05, 0) is 63.1 Å². The lowest BCUT2D eigenvalue weighted by Crippen LogP contribution is -2.33. The number of hydrogen-bond acceptors (Lipinski definition) is 3. The Morgan fingerprint density at radius 1 is 1.07 bits per heavy atom. The maximum Gasteiger partial charge on any atom is 0.291 e. The van der Waals surface area contributed by atoms with Crippen molar-refractivity contribution in [2.75, 3.05) is 5.32 Å². The van der Waals surface area contributed by atoms with Crippen LogP contribution in [0.5, 0.6) is 0 Å². The molecule has 2 N–H and O–H groups in total. The van der Waals surface area contributed by atoms with Crippen molar-refractivity contribution in [1.82, 2.24) is 14.9 Å². The Morgan fingerprint density at radius 3 is 2.64 bits per heavy atom. The van der Waals surface area contributed by atoms with Crippen LogP contribution in [0, 0.1) is 13.8 Å². The van der Waals surface area contributed by atoms with E-state index >= 15 is 0 Å². The molecule has 0 spiro atoms. The van der Waals surface area contributed by atoms with Gasteiger partial charge in [-0.3, -0.25) is 9.59 Å². The normalized spacial score (nSPS) is 16.6. The number of imidazole rings is 1. The summed E-state index contributed by atoms with van der Waals surface area (Å²) in [4.78, 5) is 30.4. The zero-order valence-corrected chi connectivity index (χ0v) is 16.7. The van der Waals surface area contributed by atoms with Crippen molar-refractivity contribution in [3.05, 3.63) is 46.5 Å². The third-order valence-electron chi connectivity index (χ3n) is 5.87. The second-order valence-electron chi connectivity index (χ2n) is 8.07. The van der Waals surface area contributed by atoms with Gasteiger partial charge in [0.15, 0.2) is 5.82 Å². The summed E-state index contributed by atoms with van der Waals surface area (Å²) in [6.07, 6.45) is 7.19. The number of rotatable bonds is 4. The quantitative estimate of drug-likeness (QED) is 0.848. The first-order valence-electron chi connectivity index (χ1n) is 10.3. The highest BCUT2D eigenvalue weighted by Gasteiger charge is 2.29. The lowest BCUT2D eigenvalue weighted by Gasteiger charge is -2.18. The van der Waals surface area contributed by atoms with Crippen molar-refractivity contribution < 1.29 is 9.59 Å². The Hall–Kier alpha value is -2.63. The Kier molecular flexibility index (Phi) is 5.20. The highest BCUT2D eigenvalue weighted by atomic mass is 16.2. The van der Waals surface area contributed by atoms with Crippen LogP contribution in [-0.2, 0) is 13.0 Å². The van der Waals surface area contributed by atoms with E-state index in [1.807, 2.05) is 36.6 Å². The summed E-state index contributed by atoms with van der Waals surface area (Å²) in [6.45, 7) is 4.70. The molecular formula is C22H28N4O2. The zero-order chi connectivity index (χ0) is 19.7. The summed E-state index contributed by atoms with van der Waals surface area (Å²) >= 11 is 0. The van der Waals surface area contributed by atoms with Crippen LogP contribution >= 0.6 is 0 Å². The van der Waals surface area contributed by atoms with E-state index in [0.717, 1.165) is 74.0 Å². The first-order chi connectivity index (χ1) is 13.5. The van der Waals surface area contributed by atoms with E-state index in [-0.39, 0.29) is 17.9 Å². The fourth-order valence-corrected chi connectivity index (χ4v) is 4.27. The Labute approximate surface area is 165 Å². The number of aryl methyl sites for hydroxylation is 2. The minimum Gasteiger partial charge on any atom is -0.348 e. The van der Waals surface area contributed by atoms with Crippen molar-refractivity contribution >= 4 is 17.5 Å². The molecule has 0 bridgehead atoms. The highest BCUT2D eigenvalue weighted by molar-refractivity contribution is 6.04. The van der Waals surface area contributed by atoms with Crippen LogP contribution in [-0.4, -0.2) is 27.4 Å². The first-order valence-corrected chi connectivity index (χ1v) is 10.3. The molecule has 2 aromatic rings. The minimum absolute atomic E-state index is 0.136. The summed E-state index contributed by atoms with van der Waals surface area (Å²) < 4.78 is 1.94. The Balaban J connectivity index is 1.61. The van der Waals surface area contributed by atoms with E-state index in [1.165, 1.54) is 0 Å². The molecule has 6 nitrogen and oxygen atoms in total. The molecule has 1 aromatic heterocycles. The van der Waals surface area contributed by atoms with Gasteiger partial charge in [-0.1, -0.05) is 25.0 Å². The molecule has 1 saturated carbocycles. The van der Waals surface area contributed by atoms with E-state index in [4.69, 9.17) is 0 Å². The van der Waals surface area contributed by atoms with Gasteiger partial charge in [0.25, 0.3) is 11.8 Å². The Bertz CT molecular complexity index is 910. The fraction of sp³-hybridized carbons (Fsp3) is 0.500. The van der Waals surface area contributed by atoms with Crippen molar-refractivity contribution in [1.29, 1.82) is 0 Å². The predicted octanol–water partition coefficient (Wildman–Crippen LogP) is 3.76. The predicted molar refractivity (Wildman–Crippen MR) is 109 cm³/mol. The van der Waals surface area contributed by atoms with Crippen LogP contribution in [0.1, 0.15) is 76.5 Å². The molecular weight excluding hydrogens is 352 g/mol. The molecule has 6 heteroatoms. The molecule has 0 unspecified atom stereocenters. The number of amides is 2. The Morgan fingerprint density at radius 2 is 1.86 bits per heavy atom. The average molecular weight is 380 g/mol. The van der Waals surface area contributed by atoms with Gasteiger partial charge >= 0.3 is 0 Å². The van der Waals surface area contributed by atoms with Crippen LogP contribution in [0.25, 0.3) is 0 Å². The van der Waals surface area contributed by atoms with E-state index in [1.54, 1.807) is 0 Å². The summed E-state index contributed by atoms with van der Waals surface area (Å²) in [5.74, 6) is -0.0488. The maximum atomic E-state index is 13.0. The third-order valence-corrected chi connectivity index (χ3v) is 5.87. The standard InChI is InChI=1S/C22H28N4O2/c1-14-10-11-15(2)17(13-14)24-22(28)20-25-19(18-9-5-6-12-26(18)20)21(27)23-16-7-3-4-8-16/h10-11,13,16H,3-9,12H2,1-2H3,(H,23,27)(H,24,28). The van der Waals surface area contributed by atoms with Gasteiger partial charge < -0.3 is 15.2 Å². The van der Waals surface area contributed by atoms with Crippen LogP contribution in [0.4, 0.5) is 5.69 Å². The van der Waals surface area contributed by atoms with E-state index in [2.05, 4.69) is 15.6 Å². The second kappa shape index (κ2) is 7.78. The van der Waals surface area contributed by atoms with Crippen LogP contribution in [0.2, 0.25) is 0 Å². The number of nitrogens with one attached hydrogen (secondary N) is 2. The minimum atomic E-state index is -0.253. The average Bonchev–Trinajstić information content (AvgIpc) is 3.32. The van der Waals surface area contributed by atoms with Crippen LogP contribution < -0.4 is 10.6 Å². The summed E-state index contributed by atoms with van der Waals surface area (Å²) in [5.41, 5.74) is 4.20. The topological polar surface area (TPSA) is 76.0 Å². The molecule has 1 aromatic carbocycles. The fourth-order valence-electron chi connectivity index (χ4n) is 4.27. The number of nitrogens with zero attached hydrogens (tertiary/aromatic N) is 2. The second-order valence-corrected chi connectivity index (χ2v) is 8.07. The van der Waals surface area contributed by atoms with Gasteiger partial charge in [-0.15, -0.1) is 0 Å². The number of aromatic nitrogens is 2. The first kappa shape index (κ1) is 18.7. The van der Waals surface area contributed by atoms with Crippen molar-refractivity contribution in [2.45, 2.75) is 71.4 Å². The lowest BCUT2D eigenvalue weighted by atomic mass is 10.1. The highest BCUT2D eigenvalue weighted by Crippen LogP contribution is 2.24. The van der Waals surface area contributed by atoms with Crippen molar-refractivity contribution in [2.24, 2.45) is 0 Å². The monoisotopic (exact) mass is 380 g/mol. The smallest absolute Gasteiger partial charge is 0.291 e. The molecule has 1 fully saturated rings. The molecule has 1 aliphatic carbocycles. The number of hydrogen-bond donors (Lipinski definition) is 2. The van der Waals surface area contributed by atoms with Crippen LogP contribution in [0.3, 0.4) is 0 Å². The number of benzene rings is 1. The molecule has 0 atom stereocenters. The van der Waals surface area contributed by atoms with Crippen molar-refractivity contribution in [3.63, 3.8) is 0 Å².